The fourth-order valence-corrected chi connectivity index (χ4v) is 0. The molecule has 0 heterocycles. The quantitative estimate of drug-likeness (QED) is 0.411. The predicted molar refractivity (Wildman–Crippen MR) is 28.4 cm³/mol. The molecular weight excluding hydrogens is 130 g/mol. The Bertz CT molecular complexity index is 48.2. The van der Waals surface area contributed by atoms with Crippen molar-refractivity contribution in [2.45, 2.75) is 6.92 Å². The summed E-state index contributed by atoms with van der Waals surface area (Å²) in [5, 5.41) is 0. The molecule has 0 amide bonds. The topological polar surface area (TPSA) is 57.8 Å². The van der Waals surface area contributed by atoms with Crippen LogP contribution in [0.3, 0.4) is 0 Å². The molecule has 0 aromatic carbocycles. The Morgan fingerprint density at radius 2 is 1.86 bits per heavy atom. The summed E-state index contributed by atoms with van der Waals surface area (Å²) in [5.41, 5.74) is 0. The van der Waals surface area contributed by atoms with E-state index in [1.54, 1.807) is 0 Å². The Morgan fingerprint density at radius 1 is 1.71 bits per heavy atom. The van der Waals surface area contributed by atoms with Gasteiger partial charge in [-0.15, -0.1) is 0 Å². The van der Waals surface area contributed by atoms with Gasteiger partial charge in [0.25, 0.3) is 0 Å². The van der Waals surface area contributed by atoms with Crippen LogP contribution in [0.2, 0.25) is 0 Å². The Balaban J connectivity index is -0.0000000800. The third-order valence-corrected chi connectivity index (χ3v) is 0.326. The van der Waals surface area contributed by atoms with E-state index in [1.807, 2.05) is 0 Å². The number of rotatable bonds is 0. The van der Waals surface area contributed by atoms with Crippen LogP contribution in [-0.2, 0) is 9.08 Å². The van der Waals surface area contributed by atoms with Gasteiger partial charge in [-0.25, -0.2) is 0 Å². The first kappa shape index (κ1) is 15.6. The van der Waals surface area contributed by atoms with E-state index in [-0.39, 0.29) is 35.0 Å². The van der Waals surface area contributed by atoms with E-state index in [1.165, 1.54) is 6.92 Å². The average Bonchev–Trinajstić information content (AvgIpc) is 1.38. The third-order valence-electron chi connectivity index (χ3n) is 0.109. The number of carbonyl (C=O) groups is 1. The Hall–Kier alpha value is 0.720. The molecule has 0 fully saturated rings. The van der Waals surface area contributed by atoms with Crippen molar-refractivity contribution < 1.29 is 14.6 Å². The van der Waals surface area contributed by atoms with Crippen LogP contribution in [0.5, 0.6) is 0 Å². The van der Waals surface area contributed by atoms with E-state index in [9.17, 15) is 4.79 Å². The molecule has 0 aromatic rings. The molecule has 0 saturated heterocycles. The maximum absolute atomic E-state index is 9.46. The van der Waals surface area contributed by atoms with E-state index in [0.29, 0.717) is 0 Å². The first-order chi connectivity index (χ1) is 2.27. The van der Waals surface area contributed by atoms with Crippen LogP contribution in [0.4, 0.5) is 0 Å². The summed E-state index contributed by atoms with van der Waals surface area (Å²) < 4.78 is 3.58. The normalized spacial score (nSPS) is 4.86. The van der Waals surface area contributed by atoms with Crippen LogP contribution in [0.1, 0.15) is 6.92 Å². The molecule has 0 aliphatic heterocycles. The number of hydrogen-bond donors (Lipinski definition) is 0. The summed E-state index contributed by atoms with van der Waals surface area (Å²) in [7, 11) is 0. The van der Waals surface area contributed by atoms with Crippen LogP contribution < -0.4 is 0 Å². The van der Waals surface area contributed by atoms with Crippen molar-refractivity contribution in [3.8, 4) is 0 Å². The van der Waals surface area contributed by atoms with Crippen molar-refractivity contribution in [2.75, 3.05) is 0 Å². The zero-order chi connectivity index (χ0) is 4.28. The van der Waals surface area contributed by atoms with Gasteiger partial charge in [-0.3, -0.25) is 4.79 Å². The molecule has 0 rings (SSSR count). The molecule has 40 valence electrons. The van der Waals surface area contributed by atoms with Crippen molar-refractivity contribution in [1.82, 2.24) is 0 Å². The van der Waals surface area contributed by atoms with Gasteiger partial charge in [0, 0.05) is 6.92 Å². The molecule has 0 saturated carbocycles. The molecule has 0 unspecified atom stereocenters. The third kappa shape index (κ3) is 20.2. The second-order valence-electron chi connectivity index (χ2n) is 0.569. The van der Waals surface area contributed by atoms with Crippen LogP contribution in [-0.4, -0.2) is 41.0 Å². The molecule has 0 aromatic heterocycles. The van der Waals surface area contributed by atoms with Gasteiger partial charge in [0.05, 0.1) is 0 Å². The van der Waals surface area contributed by atoms with Crippen LogP contribution in [0.25, 0.3) is 0 Å². The molecule has 0 bridgehead atoms. The Kier molecular flexibility index (Phi) is 22.1. The molecule has 5 heteroatoms. The number of halogens is 1. The monoisotopic (exact) mass is 136 g/mol. The molecule has 0 atom stereocenters. The first-order valence-electron chi connectivity index (χ1n) is 1.06. The predicted octanol–water partition coefficient (Wildman–Crippen LogP) is -0.770. The zero-order valence-corrected chi connectivity index (χ0v) is 3.95. The van der Waals surface area contributed by atoms with Crippen molar-refractivity contribution in [1.29, 1.82) is 0 Å². The molecule has 0 radical (unpaired) electrons. The van der Waals surface area contributed by atoms with E-state index in [2.05, 4.69) is 16.2 Å². The first-order valence-corrected chi connectivity index (χ1v) is 1.37. The van der Waals surface area contributed by atoms with Crippen molar-refractivity contribution in [3.05, 3.63) is 0 Å². The molecule has 3 nitrogen and oxygen atoms in total. The van der Waals surface area contributed by atoms with Gasteiger partial charge in [-0.05, 0) is 0 Å². The molecule has 2 N–H and O–H groups in total. The standard InChI is InChI=1S/C2H3ClO2.Na.H2O.H/c1-2(4)5-3;;;/h1H3;;1H2;. The summed E-state index contributed by atoms with van der Waals surface area (Å²) in [4.78, 5) is 9.46. The molecule has 0 aliphatic rings. The van der Waals surface area contributed by atoms with E-state index < -0.39 is 5.97 Å². The number of hydrogen-bond acceptors (Lipinski definition) is 2. The van der Waals surface area contributed by atoms with Gasteiger partial charge in [0.1, 0.15) is 11.9 Å². The molecule has 0 spiro atoms. The van der Waals surface area contributed by atoms with Gasteiger partial charge in [-0.1, -0.05) is 0 Å². The van der Waals surface area contributed by atoms with Gasteiger partial charge in [-0.2, -0.15) is 0 Å². The molecule has 0 aliphatic carbocycles. The summed E-state index contributed by atoms with van der Waals surface area (Å²) >= 11 is 4.49. The van der Waals surface area contributed by atoms with Crippen molar-refractivity contribution in [2.24, 2.45) is 0 Å². The maximum atomic E-state index is 9.46. The Morgan fingerprint density at radius 3 is 1.86 bits per heavy atom. The second-order valence-corrected chi connectivity index (χ2v) is 0.723. The summed E-state index contributed by atoms with van der Waals surface area (Å²) in [6, 6.07) is 0. The second kappa shape index (κ2) is 9.87. The SMILES string of the molecule is CC(=O)OCl.O.[NaH]. The minimum atomic E-state index is -0.480. The summed E-state index contributed by atoms with van der Waals surface area (Å²) in [6.45, 7) is 1.23. The van der Waals surface area contributed by atoms with E-state index in [4.69, 9.17) is 0 Å². The minimum absolute atomic E-state index is 0. The van der Waals surface area contributed by atoms with Crippen LogP contribution in [0.15, 0.2) is 0 Å². The van der Waals surface area contributed by atoms with E-state index >= 15 is 0 Å². The molecule has 7 heavy (non-hydrogen) atoms. The van der Waals surface area contributed by atoms with Crippen molar-refractivity contribution in [3.63, 3.8) is 0 Å². The summed E-state index contributed by atoms with van der Waals surface area (Å²) in [5.74, 6) is -0.480. The summed E-state index contributed by atoms with van der Waals surface area (Å²) in [6.07, 6.45) is 0. The van der Waals surface area contributed by atoms with Gasteiger partial charge in [0.15, 0.2) is 0 Å². The fraction of sp³-hybridized carbons (Fsp3) is 0.500. The van der Waals surface area contributed by atoms with Crippen LogP contribution >= 0.6 is 11.9 Å². The number of carbonyl (C=O) groups excluding carboxylic acids is 1. The Labute approximate surface area is 68.7 Å². The van der Waals surface area contributed by atoms with Gasteiger partial charge < -0.3 is 9.77 Å². The average molecular weight is 137 g/mol. The zero-order valence-electron chi connectivity index (χ0n) is 3.19. The van der Waals surface area contributed by atoms with Gasteiger partial charge in [0.2, 0.25) is 0 Å². The molecular formula is C2H6ClNaO3. The van der Waals surface area contributed by atoms with Crippen LogP contribution in [0, 0.1) is 0 Å². The van der Waals surface area contributed by atoms with Crippen molar-refractivity contribution >= 4 is 47.4 Å². The fourth-order valence-electron chi connectivity index (χ4n) is 0. The van der Waals surface area contributed by atoms with E-state index in [0.717, 1.165) is 0 Å². The van der Waals surface area contributed by atoms with Gasteiger partial charge >= 0.3 is 35.5 Å².